The van der Waals surface area contributed by atoms with Crippen LogP contribution in [0.2, 0.25) is 0 Å². The molecule has 1 aromatic heterocycles. The molecule has 3 heteroatoms. The van der Waals surface area contributed by atoms with Crippen molar-refractivity contribution in [3.05, 3.63) is 42.1 Å². The Morgan fingerprint density at radius 1 is 1.42 bits per heavy atom. The van der Waals surface area contributed by atoms with E-state index >= 15 is 0 Å². The van der Waals surface area contributed by atoms with Crippen LogP contribution in [0.3, 0.4) is 0 Å². The van der Waals surface area contributed by atoms with E-state index in [4.69, 9.17) is 0 Å². The summed E-state index contributed by atoms with van der Waals surface area (Å²) in [6.45, 7) is 3.01. The number of nitrogens with one attached hydrogen (secondary N) is 1. The van der Waals surface area contributed by atoms with E-state index in [0.29, 0.717) is 0 Å². The lowest BCUT2D eigenvalue weighted by molar-refractivity contribution is 0.0864. The maximum Gasteiger partial charge on any atom is 0.182 e. The summed E-state index contributed by atoms with van der Waals surface area (Å²) in [6.07, 6.45) is 4.61. The van der Waals surface area contributed by atoms with Crippen LogP contribution in [-0.2, 0) is 0 Å². The summed E-state index contributed by atoms with van der Waals surface area (Å²) >= 11 is 0. The lowest BCUT2D eigenvalue weighted by Gasteiger charge is -2.26. The molecule has 0 aliphatic carbocycles. The van der Waals surface area contributed by atoms with Gasteiger partial charge in [-0.25, -0.2) is 0 Å². The topological polar surface area (TPSA) is 42.0 Å². The number of rotatable bonds is 3. The van der Waals surface area contributed by atoms with Crippen LogP contribution in [-0.4, -0.2) is 22.9 Å². The van der Waals surface area contributed by atoms with Gasteiger partial charge < -0.3 is 5.32 Å². The van der Waals surface area contributed by atoms with Gasteiger partial charge in [0.2, 0.25) is 0 Å². The molecule has 1 N–H and O–H groups in total. The molecule has 2 heterocycles. The van der Waals surface area contributed by atoms with E-state index in [9.17, 15) is 4.79 Å². The lowest BCUT2D eigenvalue weighted by Crippen LogP contribution is -2.46. The lowest BCUT2D eigenvalue weighted by atomic mass is 9.85. The molecule has 19 heavy (non-hydrogen) atoms. The largest absolute Gasteiger partial charge is 0.305 e. The molecule has 0 radical (unpaired) electrons. The number of aromatic nitrogens is 1. The van der Waals surface area contributed by atoms with E-state index in [1.807, 2.05) is 30.3 Å². The highest BCUT2D eigenvalue weighted by atomic mass is 16.1. The van der Waals surface area contributed by atoms with Gasteiger partial charge in [-0.2, -0.15) is 0 Å². The molecule has 3 nitrogen and oxygen atoms in total. The summed E-state index contributed by atoms with van der Waals surface area (Å²) < 4.78 is 0. The molecular weight excluding hydrogens is 236 g/mol. The van der Waals surface area contributed by atoms with Crippen molar-refractivity contribution in [2.75, 3.05) is 6.54 Å². The van der Waals surface area contributed by atoms with Gasteiger partial charge in [0.1, 0.15) is 0 Å². The van der Waals surface area contributed by atoms with E-state index in [-0.39, 0.29) is 11.3 Å². The normalized spacial score (nSPS) is 22.8. The van der Waals surface area contributed by atoms with Crippen LogP contribution >= 0.6 is 0 Å². The number of benzene rings is 1. The minimum absolute atomic E-state index is 0.208. The minimum Gasteiger partial charge on any atom is -0.305 e. The van der Waals surface area contributed by atoms with Crippen LogP contribution in [0.15, 0.2) is 36.5 Å². The van der Waals surface area contributed by atoms with Crippen LogP contribution in [0.5, 0.6) is 0 Å². The third-order valence-electron chi connectivity index (χ3n) is 4.15. The Morgan fingerprint density at radius 3 is 3.05 bits per heavy atom. The second-order valence-corrected chi connectivity index (χ2v) is 5.21. The predicted octanol–water partition coefficient (Wildman–Crippen LogP) is 2.95. The van der Waals surface area contributed by atoms with Crippen molar-refractivity contribution >= 4 is 16.7 Å². The van der Waals surface area contributed by atoms with E-state index in [1.165, 1.54) is 0 Å². The first-order valence-corrected chi connectivity index (χ1v) is 6.90. The number of carbonyl (C=O) groups is 1. The molecule has 0 amide bonds. The Morgan fingerprint density at radius 2 is 2.32 bits per heavy atom. The zero-order valence-electron chi connectivity index (χ0n) is 11.1. The average Bonchev–Trinajstić information content (AvgIpc) is 2.96. The Kier molecular flexibility index (Phi) is 3.07. The molecule has 1 aliphatic heterocycles. The van der Waals surface area contributed by atoms with Crippen LogP contribution < -0.4 is 5.32 Å². The Hall–Kier alpha value is -1.74. The summed E-state index contributed by atoms with van der Waals surface area (Å²) in [5.74, 6) is 0.208. The third-order valence-corrected chi connectivity index (χ3v) is 4.15. The Labute approximate surface area is 113 Å². The molecule has 1 atom stereocenters. The van der Waals surface area contributed by atoms with Gasteiger partial charge >= 0.3 is 0 Å². The SMILES string of the molecule is CCC1(C(=O)c2ccc3cccnc3c2)CCCN1. The first-order valence-electron chi connectivity index (χ1n) is 6.90. The van der Waals surface area contributed by atoms with Crippen LogP contribution in [0.4, 0.5) is 0 Å². The molecule has 0 saturated carbocycles. The fourth-order valence-electron chi connectivity index (χ4n) is 2.95. The summed E-state index contributed by atoms with van der Waals surface area (Å²) in [6, 6.07) is 9.74. The first-order chi connectivity index (χ1) is 9.25. The maximum atomic E-state index is 12.8. The van der Waals surface area contributed by atoms with Gasteiger partial charge in [0, 0.05) is 17.1 Å². The molecule has 1 saturated heterocycles. The highest BCUT2D eigenvalue weighted by Crippen LogP contribution is 2.28. The molecule has 1 unspecified atom stereocenters. The number of hydrogen-bond donors (Lipinski definition) is 1. The van der Waals surface area contributed by atoms with Crippen molar-refractivity contribution in [3.8, 4) is 0 Å². The molecule has 1 fully saturated rings. The van der Waals surface area contributed by atoms with Crippen molar-refractivity contribution in [2.24, 2.45) is 0 Å². The molecule has 98 valence electrons. The first kappa shape index (κ1) is 12.3. The molecule has 1 aromatic carbocycles. The van der Waals surface area contributed by atoms with Gasteiger partial charge in [-0.15, -0.1) is 0 Å². The fraction of sp³-hybridized carbons (Fsp3) is 0.375. The standard InChI is InChI=1S/C16H18N2O/c1-2-16(8-4-10-18-16)15(19)13-7-6-12-5-3-9-17-14(12)11-13/h3,5-7,9,11,18H,2,4,8,10H2,1H3. The summed E-state index contributed by atoms with van der Waals surface area (Å²) in [7, 11) is 0. The van der Waals surface area contributed by atoms with Crippen molar-refractivity contribution < 1.29 is 4.79 Å². The van der Waals surface area contributed by atoms with Crippen molar-refractivity contribution in [3.63, 3.8) is 0 Å². The zero-order chi connectivity index (χ0) is 13.3. The van der Waals surface area contributed by atoms with Gasteiger partial charge in [-0.1, -0.05) is 25.1 Å². The maximum absolute atomic E-state index is 12.8. The van der Waals surface area contributed by atoms with Crippen molar-refractivity contribution in [1.82, 2.24) is 10.3 Å². The Balaban J connectivity index is 2.01. The number of carbonyl (C=O) groups excluding carboxylic acids is 1. The molecule has 0 bridgehead atoms. The van der Waals surface area contributed by atoms with Gasteiger partial charge in [-0.05, 0) is 37.9 Å². The number of pyridine rings is 1. The van der Waals surface area contributed by atoms with Crippen LogP contribution in [0, 0.1) is 0 Å². The highest BCUT2D eigenvalue weighted by molar-refractivity contribution is 6.05. The highest BCUT2D eigenvalue weighted by Gasteiger charge is 2.39. The molecule has 1 aliphatic rings. The molecular formula is C16H18N2O. The minimum atomic E-state index is -0.359. The Bertz CT molecular complexity index is 615. The zero-order valence-corrected chi connectivity index (χ0v) is 11.1. The van der Waals surface area contributed by atoms with Gasteiger partial charge in [-0.3, -0.25) is 9.78 Å². The quantitative estimate of drug-likeness (QED) is 0.856. The summed E-state index contributed by atoms with van der Waals surface area (Å²) in [4.78, 5) is 17.1. The third kappa shape index (κ3) is 2.04. The van der Waals surface area contributed by atoms with Gasteiger partial charge in [0.25, 0.3) is 0 Å². The second kappa shape index (κ2) is 4.74. The molecule has 2 aromatic rings. The number of fused-ring (bicyclic) bond motifs is 1. The molecule has 0 spiro atoms. The summed E-state index contributed by atoms with van der Waals surface area (Å²) in [5, 5.41) is 4.47. The number of nitrogens with zero attached hydrogens (tertiary/aromatic N) is 1. The monoisotopic (exact) mass is 254 g/mol. The van der Waals surface area contributed by atoms with Crippen LogP contribution in [0.25, 0.3) is 10.9 Å². The smallest absolute Gasteiger partial charge is 0.182 e. The van der Waals surface area contributed by atoms with Gasteiger partial charge in [0.05, 0.1) is 11.1 Å². The van der Waals surface area contributed by atoms with Crippen molar-refractivity contribution in [1.29, 1.82) is 0 Å². The predicted molar refractivity (Wildman–Crippen MR) is 76.3 cm³/mol. The fourth-order valence-corrected chi connectivity index (χ4v) is 2.95. The average molecular weight is 254 g/mol. The van der Waals surface area contributed by atoms with E-state index in [0.717, 1.165) is 42.3 Å². The van der Waals surface area contributed by atoms with E-state index < -0.39 is 0 Å². The van der Waals surface area contributed by atoms with E-state index in [2.05, 4.69) is 17.2 Å². The number of hydrogen-bond acceptors (Lipinski definition) is 3. The number of ketones is 1. The number of Topliss-reactive ketones (excluding diaryl/α,β-unsaturated/α-hetero) is 1. The van der Waals surface area contributed by atoms with E-state index in [1.54, 1.807) is 6.20 Å². The van der Waals surface area contributed by atoms with Crippen LogP contribution in [0.1, 0.15) is 36.5 Å². The summed E-state index contributed by atoms with van der Waals surface area (Å²) in [5.41, 5.74) is 1.29. The van der Waals surface area contributed by atoms with Crippen molar-refractivity contribution in [2.45, 2.75) is 31.7 Å². The van der Waals surface area contributed by atoms with Gasteiger partial charge in [0.15, 0.2) is 5.78 Å². The molecule has 3 rings (SSSR count). The second-order valence-electron chi connectivity index (χ2n) is 5.21.